The van der Waals surface area contributed by atoms with E-state index in [4.69, 9.17) is 37.1 Å². The van der Waals surface area contributed by atoms with Crippen molar-refractivity contribution in [2.75, 3.05) is 19.5 Å². The molecule has 160 valence electrons. The number of esters is 2. The van der Waals surface area contributed by atoms with E-state index in [1.165, 1.54) is 38.5 Å². The van der Waals surface area contributed by atoms with Crippen LogP contribution in [-0.4, -0.2) is 32.1 Å². The first-order valence-corrected chi connectivity index (χ1v) is 9.68. The molecule has 1 heterocycles. The van der Waals surface area contributed by atoms with Crippen LogP contribution in [0.4, 0.5) is 5.69 Å². The fourth-order valence-corrected chi connectivity index (χ4v) is 3.44. The largest absolute Gasteiger partial charge is 0.465 e. The number of halogens is 2. The predicted molar refractivity (Wildman–Crippen MR) is 116 cm³/mol. The lowest BCUT2D eigenvalue weighted by molar-refractivity contribution is 0.0587. The SMILES string of the molecule is COC(=O)c1ccc(C(=O)OC)c(NC(=O)c2cc(-c3cc(Cl)cc(Cl)c3)oc2C)c1. The molecular formula is C22H17Cl2NO6. The van der Waals surface area contributed by atoms with E-state index in [0.29, 0.717) is 27.1 Å². The number of carbonyl (C=O) groups is 3. The molecule has 31 heavy (non-hydrogen) atoms. The third-order valence-corrected chi connectivity index (χ3v) is 4.84. The minimum Gasteiger partial charge on any atom is -0.465 e. The Morgan fingerprint density at radius 3 is 2.13 bits per heavy atom. The van der Waals surface area contributed by atoms with E-state index < -0.39 is 17.8 Å². The molecule has 1 amide bonds. The van der Waals surface area contributed by atoms with Crippen molar-refractivity contribution in [3.05, 3.63) is 75.0 Å². The number of methoxy groups -OCH3 is 2. The normalized spacial score (nSPS) is 10.5. The van der Waals surface area contributed by atoms with Gasteiger partial charge in [-0.1, -0.05) is 23.2 Å². The molecule has 0 unspecified atom stereocenters. The fraction of sp³-hybridized carbons (Fsp3) is 0.136. The van der Waals surface area contributed by atoms with Crippen molar-refractivity contribution in [2.45, 2.75) is 6.92 Å². The first kappa shape index (κ1) is 22.4. The zero-order chi connectivity index (χ0) is 22.7. The molecule has 0 atom stereocenters. The van der Waals surface area contributed by atoms with Gasteiger partial charge in [-0.15, -0.1) is 0 Å². The quantitative estimate of drug-likeness (QED) is 0.511. The highest BCUT2D eigenvalue weighted by molar-refractivity contribution is 6.35. The van der Waals surface area contributed by atoms with Gasteiger partial charge in [0, 0.05) is 15.6 Å². The zero-order valence-corrected chi connectivity index (χ0v) is 18.3. The van der Waals surface area contributed by atoms with Crippen molar-refractivity contribution in [1.29, 1.82) is 0 Å². The summed E-state index contributed by atoms with van der Waals surface area (Å²) in [7, 11) is 2.44. The molecule has 0 radical (unpaired) electrons. The van der Waals surface area contributed by atoms with Gasteiger partial charge in [-0.05, 0) is 49.4 Å². The summed E-state index contributed by atoms with van der Waals surface area (Å²) in [4.78, 5) is 36.9. The van der Waals surface area contributed by atoms with Gasteiger partial charge in [0.1, 0.15) is 11.5 Å². The van der Waals surface area contributed by atoms with E-state index in [0.717, 1.165) is 0 Å². The van der Waals surface area contributed by atoms with Crippen LogP contribution < -0.4 is 5.32 Å². The zero-order valence-electron chi connectivity index (χ0n) is 16.7. The number of amides is 1. The highest BCUT2D eigenvalue weighted by atomic mass is 35.5. The molecule has 1 N–H and O–H groups in total. The molecular weight excluding hydrogens is 445 g/mol. The van der Waals surface area contributed by atoms with Gasteiger partial charge >= 0.3 is 11.9 Å². The van der Waals surface area contributed by atoms with E-state index >= 15 is 0 Å². The van der Waals surface area contributed by atoms with E-state index in [-0.39, 0.29) is 22.4 Å². The molecule has 1 aromatic heterocycles. The molecule has 0 saturated carbocycles. The topological polar surface area (TPSA) is 94.8 Å². The number of furan rings is 1. The number of hydrogen-bond acceptors (Lipinski definition) is 6. The van der Waals surface area contributed by atoms with Crippen LogP contribution in [0.25, 0.3) is 11.3 Å². The molecule has 0 fully saturated rings. The van der Waals surface area contributed by atoms with Gasteiger partial charge in [0.25, 0.3) is 5.91 Å². The number of carbonyl (C=O) groups excluding carboxylic acids is 3. The summed E-state index contributed by atoms with van der Waals surface area (Å²) in [6, 6.07) is 10.5. The van der Waals surface area contributed by atoms with Crippen LogP contribution in [0.1, 0.15) is 36.8 Å². The molecule has 9 heteroatoms. The second kappa shape index (κ2) is 9.24. The summed E-state index contributed by atoms with van der Waals surface area (Å²) in [5.74, 6) is -1.11. The predicted octanol–water partition coefficient (Wildman–Crippen LogP) is 5.39. The second-order valence-corrected chi connectivity index (χ2v) is 7.31. The molecule has 0 aliphatic rings. The van der Waals surface area contributed by atoms with Crippen molar-refractivity contribution in [3.8, 4) is 11.3 Å². The molecule has 0 aliphatic heterocycles. The van der Waals surface area contributed by atoms with Crippen LogP contribution in [0.3, 0.4) is 0 Å². The van der Waals surface area contributed by atoms with Gasteiger partial charge in [-0.25, -0.2) is 9.59 Å². The van der Waals surface area contributed by atoms with Gasteiger partial charge in [0.05, 0.1) is 36.6 Å². The van der Waals surface area contributed by atoms with Crippen LogP contribution in [0.2, 0.25) is 10.0 Å². The first-order chi connectivity index (χ1) is 14.7. The summed E-state index contributed by atoms with van der Waals surface area (Å²) < 4.78 is 15.1. The lowest BCUT2D eigenvalue weighted by Crippen LogP contribution is -2.16. The van der Waals surface area contributed by atoms with Gasteiger partial charge in [0.2, 0.25) is 0 Å². The van der Waals surface area contributed by atoms with Crippen molar-refractivity contribution < 1.29 is 28.3 Å². The maximum absolute atomic E-state index is 12.9. The van der Waals surface area contributed by atoms with E-state index in [1.807, 2.05) is 0 Å². The molecule has 2 aromatic carbocycles. The van der Waals surface area contributed by atoms with Crippen molar-refractivity contribution in [1.82, 2.24) is 0 Å². The number of anilines is 1. The Morgan fingerprint density at radius 1 is 0.871 bits per heavy atom. The van der Waals surface area contributed by atoms with Crippen LogP contribution in [0, 0.1) is 6.92 Å². The van der Waals surface area contributed by atoms with Crippen molar-refractivity contribution >= 4 is 46.7 Å². The number of ether oxygens (including phenoxy) is 2. The summed E-state index contributed by atoms with van der Waals surface area (Å²) in [5.41, 5.74) is 1.15. The van der Waals surface area contributed by atoms with Crippen molar-refractivity contribution in [3.63, 3.8) is 0 Å². The van der Waals surface area contributed by atoms with Gasteiger partial charge in [-0.2, -0.15) is 0 Å². The van der Waals surface area contributed by atoms with Crippen LogP contribution in [-0.2, 0) is 9.47 Å². The molecule has 0 aliphatic carbocycles. The maximum atomic E-state index is 12.9. The standard InChI is InChI=1S/C22H17Cl2NO6/c1-11-17(10-19(31-11)13-6-14(23)9-15(24)7-13)20(26)25-18-8-12(21(27)29-2)4-5-16(18)22(28)30-3/h4-10H,1-3H3,(H,25,26). The molecule has 0 bridgehead atoms. The molecule has 0 spiro atoms. The Hall–Kier alpha value is -3.29. The Kier molecular flexibility index (Phi) is 6.68. The maximum Gasteiger partial charge on any atom is 0.339 e. The monoisotopic (exact) mass is 461 g/mol. The Labute approximate surface area is 187 Å². The van der Waals surface area contributed by atoms with Crippen LogP contribution in [0.15, 0.2) is 46.9 Å². The number of rotatable bonds is 5. The lowest BCUT2D eigenvalue weighted by Gasteiger charge is -2.11. The molecule has 3 rings (SSSR count). The fourth-order valence-electron chi connectivity index (χ4n) is 2.92. The van der Waals surface area contributed by atoms with Gasteiger partial charge in [0.15, 0.2) is 0 Å². The first-order valence-electron chi connectivity index (χ1n) is 8.92. The minimum absolute atomic E-state index is 0.0755. The average Bonchev–Trinajstić information content (AvgIpc) is 3.13. The Morgan fingerprint density at radius 2 is 1.52 bits per heavy atom. The van der Waals surface area contributed by atoms with Gasteiger partial charge in [-0.3, -0.25) is 4.79 Å². The number of benzene rings is 2. The van der Waals surface area contributed by atoms with E-state index in [2.05, 4.69) is 5.32 Å². The number of hydrogen-bond donors (Lipinski definition) is 1. The van der Waals surface area contributed by atoms with Crippen LogP contribution in [0.5, 0.6) is 0 Å². The summed E-state index contributed by atoms with van der Waals surface area (Å²) >= 11 is 12.1. The summed E-state index contributed by atoms with van der Waals surface area (Å²) in [6.45, 7) is 1.62. The molecule has 7 nitrogen and oxygen atoms in total. The van der Waals surface area contributed by atoms with Gasteiger partial charge < -0.3 is 19.2 Å². The highest BCUT2D eigenvalue weighted by Gasteiger charge is 2.21. The summed E-state index contributed by atoms with van der Waals surface area (Å²) in [5, 5.41) is 3.47. The van der Waals surface area contributed by atoms with Crippen LogP contribution >= 0.6 is 23.2 Å². The number of nitrogens with one attached hydrogen (secondary N) is 1. The smallest absolute Gasteiger partial charge is 0.339 e. The van der Waals surface area contributed by atoms with Crippen molar-refractivity contribution in [2.24, 2.45) is 0 Å². The molecule has 3 aromatic rings. The number of aryl methyl sites for hydroxylation is 1. The lowest BCUT2D eigenvalue weighted by atomic mass is 10.1. The second-order valence-electron chi connectivity index (χ2n) is 6.44. The highest BCUT2D eigenvalue weighted by Crippen LogP contribution is 2.31. The Bertz CT molecular complexity index is 1160. The average molecular weight is 462 g/mol. The Balaban J connectivity index is 1.97. The minimum atomic E-state index is -0.676. The summed E-state index contributed by atoms with van der Waals surface area (Å²) in [6.07, 6.45) is 0. The molecule has 0 saturated heterocycles. The van der Waals surface area contributed by atoms with E-state index in [9.17, 15) is 14.4 Å². The third-order valence-electron chi connectivity index (χ3n) is 4.40. The third kappa shape index (κ3) is 4.90. The van der Waals surface area contributed by atoms with E-state index in [1.54, 1.807) is 25.1 Å².